The van der Waals surface area contributed by atoms with Crippen LogP contribution in [0.15, 0.2) is 48.5 Å². The molecule has 0 aromatic heterocycles. The molecule has 0 amide bonds. The Morgan fingerprint density at radius 1 is 1.22 bits per heavy atom. The second-order valence-corrected chi connectivity index (χ2v) is 6.37. The standard InChI is InChI=1S/C20H22FNO/c1-13(14-7-9-17(21)10-8-14)19(23)12-16-11-15-5-3-4-6-18(15)20(16)22-2/h3-10,13,16,20,22H,11-12H2,1-2H3/t13-,16+,20+/m0/s1. The number of hydrogen-bond acceptors (Lipinski definition) is 2. The van der Waals surface area contributed by atoms with Crippen LogP contribution in [0.3, 0.4) is 0 Å². The fourth-order valence-corrected chi connectivity index (χ4v) is 3.63. The van der Waals surface area contributed by atoms with Crippen LogP contribution < -0.4 is 5.32 Å². The van der Waals surface area contributed by atoms with E-state index in [1.807, 2.05) is 14.0 Å². The molecule has 0 aliphatic heterocycles. The number of carbonyl (C=O) groups is 1. The summed E-state index contributed by atoms with van der Waals surface area (Å²) in [4.78, 5) is 12.7. The molecule has 3 rings (SSSR count). The van der Waals surface area contributed by atoms with Gasteiger partial charge in [-0.3, -0.25) is 4.79 Å². The van der Waals surface area contributed by atoms with Crippen LogP contribution >= 0.6 is 0 Å². The van der Waals surface area contributed by atoms with E-state index in [0.717, 1.165) is 12.0 Å². The van der Waals surface area contributed by atoms with E-state index in [-0.39, 0.29) is 29.5 Å². The highest BCUT2D eigenvalue weighted by Crippen LogP contribution is 2.38. The zero-order valence-corrected chi connectivity index (χ0v) is 13.6. The second kappa shape index (κ2) is 6.63. The smallest absolute Gasteiger partial charge is 0.140 e. The predicted molar refractivity (Wildman–Crippen MR) is 89.9 cm³/mol. The molecule has 0 saturated heterocycles. The van der Waals surface area contributed by atoms with Gasteiger partial charge in [-0.25, -0.2) is 4.39 Å². The number of fused-ring (bicyclic) bond motifs is 1. The summed E-state index contributed by atoms with van der Waals surface area (Å²) < 4.78 is 13.0. The van der Waals surface area contributed by atoms with Crippen LogP contribution in [0.1, 0.15) is 42.0 Å². The molecule has 0 unspecified atom stereocenters. The highest BCUT2D eigenvalue weighted by atomic mass is 19.1. The predicted octanol–water partition coefficient (Wildman–Crippen LogP) is 4.02. The zero-order chi connectivity index (χ0) is 16.4. The number of ketones is 1. The molecule has 1 N–H and O–H groups in total. The summed E-state index contributed by atoms with van der Waals surface area (Å²) in [5, 5.41) is 3.36. The first-order valence-corrected chi connectivity index (χ1v) is 8.13. The van der Waals surface area contributed by atoms with Gasteiger partial charge in [0.05, 0.1) is 0 Å². The third-order valence-corrected chi connectivity index (χ3v) is 4.97. The monoisotopic (exact) mass is 311 g/mol. The van der Waals surface area contributed by atoms with E-state index in [1.54, 1.807) is 12.1 Å². The maximum atomic E-state index is 13.0. The lowest BCUT2D eigenvalue weighted by atomic mass is 9.87. The van der Waals surface area contributed by atoms with Gasteiger partial charge in [-0.15, -0.1) is 0 Å². The molecular weight excluding hydrogens is 289 g/mol. The van der Waals surface area contributed by atoms with Crippen LogP contribution in [0.4, 0.5) is 4.39 Å². The van der Waals surface area contributed by atoms with Crippen molar-refractivity contribution in [2.24, 2.45) is 5.92 Å². The van der Waals surface area contributed by atoms with E-state index < -0.39 is 0 Å². The summed E-state index contributed by atoms with van der Waals surface area (Å²) in [5.41, 5.74) is 3.52. The van der Waals surface area contributed by atoms with Gasteiger partial charge in [0, 0.05) is 18.4 Å². The fraction of sp³-hybridized carbons (Fsp3) is 0.350. The molecule has 0 radical (unpaired) electrons. The minimum absolute atomic E-state index is 0.197. The average molecular weight is 311 g/mol. The van der Waals surface area contributed by atoms with Crippen molar-refractivity contribution in [1.82, 2.24) is 5.32 Å². The lowest BCUT2D eigenvalue weighted by Crippen LogP contribution is -2.25. The number of halogens is 1. The second-order valence-electron chi connectivity index (χ2n) is 6.37. The molecular formula is C20H22FNO. The van der Waals surface area contributed by atoms with E-state index in [2.05, 4.69) is 29.6 Å². The Labute approximate surface area is 136 Å². The van der Waals surface area contributed by atoms with E-state index in [0.29, 0.717) is 6.42 Å². The highest BCUT2D eigenvalue weighted by Gasteiger charge is 2.33. The fourth-order valence-electron chi connectivity index (χ4n) is 3.63. The molecule has 3 heteroatoms. The van der Waals surface area contributed by atoms with Crippen molar-refractivity contribution in [3.05, 3.63) is 71.0 Å². The highest BCUT2D eigenvalue weighted by molar-refractivity contribution is 5.85. The van der Waals surface area contributed by atoms with Crippen molar-refractivity contribution in [3.8, 4) is 0 Å². The molecule has 2 aromatic carbocycles. The minimum atomic E-state index is -0.269. The van der Waals surface area contributed by atoms with Crippen molar-refractivity contribution >= 4 is 5.78 Å². The molecule has 1 aliphatic rings. The number of hydrogen-bond donors (Lipinski definition) is 1. The molecule has 0 fully saturated rings. The Morgan fingerprint density at radius 3 is 2.61 bits per heavy atom. The van der Waals surface area contributed by atoms with E-state index in [4.69, 9.17) is 0 Å². The van der Waals surface area contributed by atoms with Crippen LogP contribution in [0.2, 0.25) is 0 Å². The van der Waals surface area contributed by atoms with Crippen molar-refractivity contribution in [1.29, 1.82) is 0 Å². The summed E-state index contributed by atoms with van der Waals surface area (Å²) in [6.45, 7) is 1.91. The molecule has 0 heterocycles. The van der Waals surface area contributed by atoms with Crippen LogP contribution in [-0.2, 0) is 11.2 Å². The van der Waals surface area contributed by atoms with Gasteiger partial charge in [0.2, 0.25) is 0 Å². The molecule has 0 saturated carbocycles. The zero-order valence-electron chi connectivity index (χ0n) is 13.6. The van der Waals surface area contributed by atoms with Crippen LogP contribution in [-0.4, -0.2) is 12.8 Å². The largest absolute Gasteiger partial charge is 0.313 e. The number of rotatable bonds is 5. The van der Waals surface area contributed by atoms with Crippen LogP contribution in [0.5, 0.6) is 0 Å². The molecule has 2 nitrogen and oxygen atoms in total. The third-order valence-electron chi connectivity index (χ3n) is 4.97. The van der Waals surface area contributed by atoms with Gasteiger partial charge in [-0.2, -0.15) is 0 Å². The molecule has 0 spiro atoms. The van der Waals surface area contributed by atoms with Crippen molar-refractivity contribution < 1.29 is 9.18 Å². The number of benzene rings is 2. The molecule has 0 bridgehead atoms. The Balaban J connectivity index is 1.72. The first-order valence-electron chi connectivity index (χ1n) is 8.13. The molecule has 120 valence electrons. The molecule has 2 aromatic rings. The van der Waals surface area contributed by atoms with E-state index in [9.17, 15) is 9.18 Å². The maximum absolute atomic E-state index is 13.0. The number of carbonyl (C=O) groups excluding carboxylic acids is 1. The summed E-state index contributed by atoms with van der Waals surface area (Å²) >= 11 is 0. The Hall–Kier alpha value is -2.00. The third kappa shape index (κ3) is 3.20. The SMILES string of the molecule is CN[C@H]1c2ccccc2C[C@@H]1CC(=O)[C@@H](C)c1ccc(F)cc1. The van der Waals surface area contributed by atoms with Gasteiger partial charge >= 0.3 is 0 Å². The normalized spacial score (nSPS) is 21.0. The summed E-state index contributed by atoms with van der Waals surface area (Å²) in [7, 11) is 1.95. The summed E-state index contributed by atoms with van der Waals surface area (Å²) in [6, 6.07) is 14.9. The average Bonchev–Trinajstić information content (AvgIpc) is 2.91. The Kier molecular flexibility index (Phi) is 4.58. The topological polar surface area (TPSA) is 29.1 Å². The van der Waals surface area contributed by atoms with Crippen molar-refractivity contribution in [2.45, 2.75) is 31.7 Å². The number of nitrogens with one attached hydrogen (secondary N) is 1. The lowest BCUT2D eigenvalue weighted by Gasteiger charge is -2.21. The molecule has 1 aliphatic carbocycles. The van der Waals surface area contributed by atoms with Gasteiger partial charge in [0.25, 0.3) is 0 Å². The van der Waals surface area contributed by atoms with Gasteiger partial charge in [0.15, 0.2) is 0 Å². The van der Waals surface area contributed by atoms with Crippen LogP contribution in [0, 0.1) is 11.7 Å². The van der Waals surface area contributed by atoms with Gasteiger partial charge in [0.1, 0.15) is 11.6 Å². The Morgan fingerprint density at radius 2 is 1.91 bits per heavy atom. The Bertz CT molecular complexity index is 695. The van der Waals surface area contributed by atoms with Gasteiger partial charge in [-0.1, -0.05) is 43.3 Å². The van der Waals surface area contributed by atoms with Crippen LogP contribution in [0.25, 0.3) is 0 Å². The first kappa shape index (κ1) is 15.9. The molecule has 23 heavy (non-hydrogen) atoms. The van der Waals surface area contributed by atoms with Gasteiger partial charge in [-0.05, 0) is 48.2 Å². The quantitative estimate of drug-likeness (QED) is 0.903. The van der Waals surface area contributed by atoms with E-state index in [1.165, 1.54) is 23.3 Å². The molecule has 3 atom stereocenters. The summed E-state index contributed by atoms with van der Waals surface area (Å²) in [5.74, 6) is 0.0363. The van der Waals surface area contributed by atoms with E-state index >= 15 is 0 Å². The van der Waals surface area contributed by atoms with Crippen molar-refractivity contribution in [3.63, 3.8) is 0 Å². The van der Waals surface area contributed by atoms with Crippen molar-refractivity contribution in [2.75, 3.05) is 7.05 Å². The number of Topliss-reactive ketones (excluding diaryl/α,β-unsaturated/α-hetero) is 1. The first-order chi connectivity index (χ1) is 11.1. The maximum Gasteiger partial charge on any atom is 0.140 e. The minimum Gasteiger partial charge on any atom is -0.313 e. The summed E-state index contributed by atoms with van der Waals surface area (Å²) in [6.07, 6.45) is 1.47. The lowest BCUT2D eigenvalue weighted by molar-refractivity contribution is -0.121. The van der Waals surface area contributed by atoms with Gasteiger partial charge < -0.3 is 5.32 Å².